The highest BCUT2D eigenvalue weighted by Gasteiger charge is 2.17. The summed E-state index contributed by atoms with van der Waals surface area (Å²) in [6.07, 6.45) is 4.32. The van der Waals surface area contributed by atoms with Crippen molar-refractivity contribution in [1.82, 2.24) is 0 Å². The summed E-state index contributed by atoms with van der Waals surface area (Å²) in [5.41, 5.74) is 5.31. The molecular formula is C10H11NOS. The Kier molecular flexibility index (Phi) is 1.60. The van der Waals surface area contributed by atoms with E-state index in [0.29, 0.717) is 4.88 Å². The Bertz CT molecular complexity index is 446. The molecule has 0 spiro atoms. The third-order valence-corrected chi connectivity index (χ3v) is 3.18. The van der Waals surface area contributed by atoms with Gasteiger partial charge in [-0.25, -0.2) is 0 Å². The van der Waals surface area contributed by atoms with Crippen LogP contribution in [0, 0.1) is 5.41 Å². The van der Waals surface area contributed by atoms with Crippen molar-refractivity contribution in [2.75, 3.05) is 0 Å². The Morgan fingerprint density at radius 2 is 2.15 bits per heavy atom. The third kappa shape index (κ3) is 1.40. The molecule has 13 heavy (non-hydrogen) atoms. The first-order valence-corrected chi connectivity index (χ1v) is 4.95. The number of primary amides is 1. The second-order valence-corrected chi connectivity index (χ2v) is 4.99. The standard InChI is InChI=1S/C10H11NOS/c1-10(2)4-6-3-7(9(11)12)13-8(6)5-10/h3-5H,1-2H3,(H2,11,12). The molecule has 0 bridgehead atoms. The summed E-state index contributed by atoms with van der Waals surface area (Å²) < 4.78 is 1.17. The van der Waals surface area contributed by atoms with Crippen molar-refractivity contribution in [2.45, 2.75) is 13.8 Å². The minimum absolute atomic E-state index is 0.122. The fourth-order valence-electron chi connectivity index (χ4n) is 1.55. The molecule has 0 radical (unpaired) electrons. The van der Waals surface area contributed by atoms with E-state index in [1.54, 1.807) is 0 Å². The first-order chi connectivity index (χ1) is 5.98. The summed E-state index contributed by atoms with van der Waals surface area (Å²) in [7, 11) is 0. The van der Waals surface area contributed by atoms with Crippen LogP contribution in [-0.4, -0.2) is 5.91 Å². The van der Waals surface area contributed by atoms with E-state index in [0.717, 1.165) is 5.22 Å². The molecule has 1 amide bonds. The second-order valence-electron chi connectivity index (χ2n) is 3.90. The second kappa shape index (κ2) is 2.45. The topological polar surface area (TPSA) is 43.1 Å². The zero-order chi connectivity index (χ0) is 9.64. The lowest BCUT2D eigenvalue weighted by Gasteiger charge is -2.08. The lowest BCUT2D eigenvalue weighted by Crippen LogP contribution is -2.12. The maximum absolute atomic E-state index is 10.9. The van der Waals surface area contributed by atoms with E-state index >= 15 is 0 Å². The van der Waals surface area contributed by atoms with Crippen molar-refractivity contribution >= 4 is 29.4 Å². The van der Waals surface area contributed by atoms with Crippen LogP contribution < -0.4 is 15.5 Å². The molecule has 1 heterocycles. The molecule has 0 aliphatic heterocycles. The van der Waals surface area contributed by atoms with Gasteiger partial charge in [-0.15, -0.1) is 11.3 Å². The van der Waals surface area contributed by atoms with E-state index in [-0.39, 0.29) is 11.3 Å². The van der Waals surface area contributed by atoms with Crippen LogP contribution >= 0.6 is 11.3 Å². The van der Waals surface area contributed by atoms with Gasteiger partial charge < -0.3 is 5.73 Å². The Morgan fingerprint density at radius 1 is 1.46 bits per heavy atom. The van der Waals surface area contributed by atoms with Gasteiger partial charge in [-0.1, -0.05) is 26.0 Å². The summed E-state index contributed by atoms with van der Waals surface area (Å²) in [4.78, 5) is 11.5. The minimum atomic E-state index is -0.334. The maximum Gasteiger partial charge on any atom is 0.258 e. The van der Waals surface area contributed by atoms with Gasteiger partial charge in [0.25, 0.3) is 5.91 Å². The van der Waals surface area contributed by atoms with Gasteiger partial charge in [-0.3, -0.25) is 4.79 Å². The van der Waals surface area contributed by atoms with Crippen molar-refractivity contribution in [1.29, 1.82) is 0 Å². The van der Waals surface area contributed by atoms with Crippen LogP contribution in [0.1, 0.15) is 23.5 Å². The molecule has 1 aromatic rings. The Hall–Kier alpha value is -1.09. The molecule has 0 saturated carbocycles. The van der Waals surface area contributed by atoms with Gasteiger partial charge in [0, 0.05) is 9.95 Å². The molecule has 68 valence electrons. The van der Waals surface area contributed by atoms with E-state index in [9.17, 15) is 4.79 Å². The van der Waals surface area contributed by atoms with Gasteiger partial charge in [0.15, 0.2) is 0 Å². The van der Waals surface area contributed by atoms with Crippen LogP contribution in [0.2, 0.25) is 0 Å². The number of thiophene rings is 1. The summed E-state index contributed by atoms with van der Waals surface area (Å²) in [6.45, 7) is 4.29. The van der Waals surface area contributed by atoms with E-state index in [2.05, 4.69) is 26.0 Å². The smallest absolute Gasteiger partial charge is 0.258 e. The van der Waals surface area contributed by atoms with E-state index < -0.39 is 0 Å². The molecule has 2 nitrogen and oxygen atoms in total. The van der Waals surface area contributed by atoms with Crippen LogP contribution in [0.4, 0.5) is 0 Å². The molecule has 1 aliphatic carbocycles. The van der Waals surface area contributed by atoms with Gasteiger partial charge in [0.2, 0.25) is 0 Å². The quantitative estimate of drug-likeness (QED) is 0.691. The predicted molar refractivity (Wildman–Crippen MR) is 54.8 cm³/mol. The van der Waals surface area contributed by atoms with Gasteiger partial charge in [0.1, 0.15) is 0 Å². The first-order valence-electron chi connectivity index (χ1n) is 4.13. The van der Waals surface area contributed by atoms with Gasteiger partial charge in [-0.05, 0) is 11.3 Å². The molecule has 2 rings (SSSR count). The number of carbonyl (C=O) groups is 1. The molecule has 0 atom stereocenters. The number of fused-ring (bicyclic) bond motifs is 1. The van der Waals surface area contributed by atoms with Crippen molar-refractivity contribution in [3.05, 3.63) is 20.7 Å². The average molecular weight is 193 g/mol. The van der Waals surface area contributed by atoms with Gasteiger partial charge in [0.05, 0.1) is 4.88 Å². The molecule has 0 fully saturated rings. The molecule has 1 aliphatic rings. The Labute approximate surface area is 80.4 Å². The number of amides is 1. The molecule has 0 saturated heterocycles. The van der Waals surface area contributed by atoms with Crippen molar-refractivity contribution in [2.24, 2.45) is 11.1 Å². The number of hydrogen-bond donors (Lipinski definition) is 1. The lowest BCUT2D eigenvalue weighted by atomic mass is 9.96. The van der Waals surface area contributed by atoms with Crippen LogP contribution in [0.15, 0.2) is 6.07 Å². The Balaban J connectivity index is 2.63. The van der Waals surface area contributed by atoms with Crippen LogP contribution in [-0.2, 0) is 0 Å². The average Bonchev–Trinajstić information content (AvgIpc) is 2.39. The van der Waals surface area contributed by atoms with E-state index in [1.807, 2.05) is 6.07 Å². The largest absolute Gasteiger partial charge is 0.365 e. The monoisotopic (exact) mass is 193 g/mol. The highest BCUT2D eigenvalue weighted by Crippen LogP contribution is 2.22. The van der Waals surface area contributed by atoms with Crippen molar-refractivity contribution < 1.29 is 4.79 Å². The number of carbonyl (C=O) groups excluding carboxylic acids is 1. The Morgan fingerprint density at radius 3 is 2.69 bits per heavy atom. The van der Waals surface area contributed by atoms with Crippen LogP contribution in [0.3, 0.4) is 0 Å². The summed E-state index contributed by atoms with van der Waals surface area (Å²) in [5, 5.41) is 1.14. The van der Waals surface area contributed by atoms with Crippen molar-refractivity contribution in [3.63, 3.8) is 0 Å². The first kappa shape index (κ1) is 8.51. The molecule has 1 aromatic heterocycles. The third-order valence-electron chi connectivity index (χ3n) is 2.06. The van der Waals surface area contributed by atoms with E-state index in [4.69, 9.17) is 5.73 Å². The number of rotatable bonds is 1. The van der Waals surface area contributed by atoms with Gasteiger partial charge in [-0.2, -0.15) is 0 Å². The normalized spacial score (nSPS) is 17.4. The molecule has 0 unspecified atom stereocenters. The fourth-order valence-corrected chi connectivity index (χ4v) is 2.67. The fraction of sp³-hybridized carbons (Fsp3) is 0.300. The molecule has 2 N–H and O–H groups in total. The SMILES string of the molecule is CC1(C)C=c2cc(C(N)=O)sc2=C1. The molecule has 0 aromatic carbocycles. The highest BCUT2D eigenvalue weighted by molar-refractivity contribution is 7.12. The molecule has 3 heteroatoms. The molecular weight excluding hydrogens is 182 g/mol. The number of nitrogens with two attached hydrogens (primary N) is 1. The van der Waals surface area contributed by atoms with E-state index in [1.165, 1.54) is 15.9 Å². The zero-order valence-corrected chi connectivity index (χ0v) is 8.44. The van der Waals surface area contributed by atoms with Crippen LogP contribution in [0.25, 0.3) is 12.2 Å². The number of hydrogen-bond acceptors (Lipinski definition) is 2. The summed E-state index contributed by atoms with van der Waals surface area (Å²) in [5.74, 6) is -0.334. The summed E-state index contributed by atoms with van der Waals surface area (Å²) >= 11 is 1.47. The van der Waals surface area contributed by atoms with Crippen LogP contribution in [0.5, 0.6) is 0 Å². The van der Waals surface area contributed by atoms with Gasteiger partial charge >= 0.3 is 0 Å². The maximum atomic E-state index is 10.9. The zero-order valence-electron chi connectivity index (χ0n) is 7.63. The van der Waals surface area contributed by atoms with Crippen molar-refractivity contribution in [3.8, 4) is 0 Å². The summed E-state index contributed by atoms with van der Waals surface area (Å²) in [6, 6.07) is 1.87. The minimum Gasteiger partial charge on any atom is -0.365 e. The highest BCUT2D eigenvalue weighted by atomic mass is 32.1. The predicted octanol–water partition coefficient (Wildman–Crippen LogP) is 0.448. The lowest BCUT2D eigenvalue weighted by molar-refractivity contribution is 0.100.